The SMILES string of the molecule is C=CCOC(=O)Nc1ccc(Cl)cc1SCCC(=O)O. The van der Waals surface area contributed by atoms with Gasteiger partial charge in [-0.25, -0.2) is 4.79 Å². The molecule has 0 bridgehead atoms. The zero-order valence-corrected chi connectivity index (χ0v) is 12.2. The van der Waals surface area contributed by atoms with Gasteiger partial charge in [0.1, 0.15) is 6.61 Å². The fourth-order valence-electron chi connectivity index (χ4n) is 1.25. The Hall–Kier alpha value is -1.66. The molecule has 5 nitrogen and oxygen atoms in total. The molecule has 0 saturated heterocycles. The number of amides is 1. The van der Waals surface area contributed by atoms with Gasteiger partial charge in [-0.15, -0.1) is 11.8 Å². The molecule has 108 valence electrons. The maximum atomic E-state index is 11.5. The average molecular weight is 316 g/mol. The van der Waals surface area contributed by atoms with Gasteiger partial charge in [-0.2, -0.15) is 0 Å². The molecule has 0 aliphatic carbocycles. The second-order valence-corrected chi connectivity index (χ2v) is 5.22. The number of ether oxygens (including phenoxy) is 1. The summed E-state index contributed by atoms with van der Waals surface area (Å²) in [5, 5.41) is 11.7. The molecule has 1 aromatic carbocycles. The molecule has 1 rings (SSSR count). The summed E-state index contributed by atoms with van der Waals surface area (Å²) < 4.78 is 4.82. The maximum absolute atomic E-state index is 11.5. The predicted molar refractivity (Wildman–Crippen MR) is 79.6 cm³/mol. The van der Waals surface area contributed by atoms with E-state index >= 15 is 0 Å². The second-order valence-electron chi connectivity index (χ2n) is 3.64. The van der Waals surface area contributed by atoms with Gasteiger partial charge < -0.3 is 9.84 Å². The Morgan fingerprint density at radius 1 is 1.50 bits per heavy atom. The molecule has 0 aliphatic heterocycles. The molecule has 0 heterocycles. The summed E-state index contributed by atoms with van der Waals surface area (Å²) in [5.74, 6) is -0.495. The number of carbonyl (C=O) groups is 2. The largest absolute Gasteiger partial charge is 0.481 e. The third-order valence-electron chi connectivity index (χ3n) is 2.09. The highest BCUT2D eigenvalue weighted by atomic mass is 35.5. The van der Waals surface area contributed by atoms with Crippen LogP contribution >= 0.6 is 23.4 Å². The molecule has 0 aromatic heterocycles. The molecule has 7 heteroatoms. The lowest BCUT2D eigenvalue weighted by Gasteiger charge is -2.10. The summed E-state index contributed by atoms with van der Waals surface area (Å²) in [6, 6.07) is 4.93. The first-order valence-corrected chi connectivity index (χ1v) is 7.08. The topological polar surface area (TPSA) is 75.6 Å². The van der Waals surface area contributed by atoms with Gasteiger partial charge in [0.2, 0.25) is 0 Å². The summed E-state index contributed by atoms with van der Waals surface area (Å²) >= 11 is 7.19. The van der Waals surface area contributed by atoms with E-state index in [-0.39, 0.29) is 13.0 Å². The first-order valence-electron chi connectivity index (χ1n) is 5.71. The Morgan fingerprint density at radius 3 is 2.90 bits per heavy atom. The monoisotopic (exact) mass is 315 g/mol. The summed E-state index contributed by atoms with van der Waals surface area (Å²) in [5.41, 5.74) is 0.527. The standard InChI is InChI=1S/C13H14ClNO4S/c1-2-6-19-13(18)15-10-4-3-9(14)8-11(10)20-7-5-12(16)17/h2-4,8H,1,5-7H2,(H,15,18)(H,16,17). The van der Waals surface area contributed by atoms with Crippen LogP contribution in [0.3, 0.4) is 0 Å². The molecule has 2 N–H and O–H groups in total. The van der Waals surface area contributed by atoms with E-state index in [0.717, 1.165) is 0 Å². The summed E-state index contributed by atoms with van der Waals surface area (Å²) in [7, 11) is 0. The summed E-state index contributed by atoms with van der Waals surface area (Å²) in [6.45, 7) is 3.56. The number of nitrogens with one attached hydrogen (secondary N) is 1. The smallest absolute Gasteiger partial charge is 0.411 e. The van der Waals surface area contributed by atoms with Gasteiger partial charge >= 0.3 is 12.1 Å². The lowest BCUT2D eigenvalue weighted by molar-refractivity contribution is -0.136. The molecule has 20 heavy (non-hydrogen) atoms. The number of aliphatic carboxylic acids is 1. The van der Waals surface area contributed by atoms with Crippen LogP contribution in [0.5, 0.6) is 0 Å². The molecular formula is C13H14ClNO4S. The van der Waals surface area contributed by atoms with Crippen LogP contribution < -0.4 is 5.32 Å². The van der Waals surface area contributed by atoms with E-state index < -0.39 is 12.1 Å². The number of hydrogen-bond donors (Lipinski definition) is 2. The molecule has 1 aromatic rings. The molecule has 0 fully saturated rings. The van der Waals surface area contributed by atoms with Crippen molar-refractivity contribution < 1.29 is 19.4 Å². The van der Waals surface area contributed by atoms with Crippen LogP contribution in [0.2, 0.25) is 5.02 Å². The number of carboxylic acids is 1. The van der Waals surface area contributed by atoms with E-state index in [9.17, 15) is 9.59 Å². The van der Waals surface area contributed by atoms with Gasteiger partial charge in [-0.05, 0) is 18.2 Å². The van der Waals surface area contributed by atoms with E-state index in [1.165, 1.54) is 17.8 Å². The van der Waals surface area contributed by atoms with Crippen molar-refractivity contribution >= 4 is 41.1 Å². The number of halogens is 1. The quantitative estimate of drug-likeness (QED) is 0.593. The van der Waals surface area contributed by atoms with E-state index in [1.54, 1.807) is 18.2 Å². The van der Waals surface area contributed by atoms with Crippen molar-refractivity contribution in [3.63, 3.8) is 0 Å². The molecule has 0 saturated carbocycles. The maximum Gasteiger partial charge on any atom is 0.411 e. The zero-order chi connectivity index (χ0) is 15.0. The van der Waals surface area contributed by atoms with Crippen LogP contribution in [0.4, 0.5) is 10.5 Å². The highest BCUT2D eigenvalue weighted by molar-refractivity contribution is 7.99. The molecule has 0 spiro atoms. The van der Waals surface area contributed by atoms with E-state index in [2.05, 4.69) is 11.9 Å². The molecule has 0 aliphatic rings. The van der Waals surface area contributed by atoms with Crippen LogP contribution in [0.1, 0.15) is 6.42 Å². The Kier molecular flexibility index (Phi) is 6.97. The van der Waals surface area contributed by atoms with Crippen LogP contribution in [0.25, 0.3) is 0 Å². The van der Waals surface area contributed by atoms with E-state index in [0.29, 0.717) is 21.4 Å². The highest BCUT2D eigenvalue weighted by Crippen LogP contribution is 2.30. The minimum Gasteiger partial charge on any atom is -0.481 e. The predicted octanol–water partition coefficient (Wildman–Crippen LogP) is 3.64. The van der Waals surface area contributed by atoms with Crippen molar-refractivity contribution in [3.05, 3.63) is 35.9 Å². The number of carboxylic acid groups (broad SMARTS) is 1. The third-order valence-corrected chi connectivity index (χ3v) is 3.38. The number of anilines is 1. The fourth-order valence-corrected chi connectivity index (χ4v) is 2.47. The number of benzene rings is 1. The average Bonchev–Trinajstić information content (AvgIpc) is 2.39. The lowest BCUT2D eigenvalue weighted by Crippen LogP contribution is -2.14. The van der Waals surface area contributed by atoms with E-state index in [4.69, 9.17) is 21.4 Å². The van der Waals surface area contributed by atoms with Crippen molar-refractivity contribution in [2.75, 3.05) is 17.7 Å². The van der Waals surface area contributed by atoms with Crippen molar-refractivity contribution in [3.8, 4) is 0 Å². The Labute approximate surface area is 126 Å². The molecule has 0 radical (unpaired) electrons. The van der Waals surface area contributed by atoms with Crippen molar-refractivity contribution in [2.24, 2.45) is 0 Å². The molecule has 1 amide bonds. The van der Waals surface area contributed by atoms with E-state index in [1.807, 2.05) is 0 Å². The molecule has 0 atom stereocenters. The minimum absolute atomic E-state index is 0.0253. The van der Waals surface area contributed by atoms with Crippen LogP contribution in [-0.4, -0.2) is 29.5 Å². The molecular weight excluding hydrogens is 302 g/mol. The molecule has 0 unspecified atom stereocenters. The van der Waals surface area contributed by atoms with Gasteiger partial charge in [0.05, 0.1) is 12.1 Å². The number of rotatable bonds is 7. The Morgan fingerprint density at radius 2 is 2.25 bits per heavy atom. The summed E-state index contributed by atoms with van der Waals surface area (Å²) in [4.78, 5) is 22.7. The highest BCUT2D eigenvalue weighted by Gasteiger charge is 2.09. The van der Waals surface area contributed by atoms with Crippen molar-refractivity contribution in [2.45, 2.75) is 11.3 Å². The van der Waals surface area contributed by atoms with Gasteiger partial charge in [-0.1, -0.05) is 24.3 Å². The summed E-state index contributed by atoms with van der Waals surface area (Å²) in [6.07, 6.45) is 0.883. The number of thioether (sulfide) groups is 1. The number of carbonyl (C=O) groups excluding carboxylic acids is 1. The van der Waals surface area contributed by atoms with Crippen molar-refractivity contribution in [1.82, 2.24) is 0 Å². The third kappa shape index (κ3) is 5.99. The van der Waals surface area contributed by atoms with Gasteiger partial charge in [0, 0.05) is 15.7 Å². The normalized spacial score (nSPS) is 9.85. The minimum atomic E-state index is -0.876. The van der Waals surface area contributed by atoms with Crippen LogP contribution in [0.15, 0.2) is 35.7 Å². The first kappa shape index (κ1) is 16.4. The van der Waals surface area contributed by atoms with Gasteiger partial charge in [0.15, 0.2) is 0 Å². The van der Waals surface area contributed by atoms with Crippen molar-refractivity contribution in [1.29, 1.82) is 0 Å². The Balaban J connectivity index is 2.71. The fraction of sp³-hybridized carbons (Fsp3) is 0.231. The lowest BCUT2D eigenvalue weighted by atomic mass is 10.3. The number of hydrogen-bond acceptors (Lipinski definition) is 4. The first-order chi connectivity index (χ1) is 9.52. The second kappa shape index (κ2) is 8.50. The van der Waals surface area contributed by atoms with Crippen LogP contribution in [0, 0.1) is 0 Å². The zero-order valence-electron chi connectivity index (χ0n) is 10.6. The van der Waals surface area contributed by atoms with Crippen LogP contribution in [-0.2, 0) is 9.53 Å². The van der Waals surface area contributed by atoms with Gasteiger partial charge in [0.25, 0.3) is 0 Å². The Bertz CT molecular complexity index is 507. The van der Waals surface area contributed by atoms with Gasteiger partial charge in [-0.3, -0.25) is 10.1 Å².